The van der Waals surface area contributed by atoms with E-state index in [2.05, 4.69) is 34.9 Å². The molecule has 4 rings (SSSR count). The predicted octanol–water partition coefficient (Wildman–Crippen LogP) is 4.99. The van der Waals surface area contributed by atoms with E-state index in [-0.39, 0.29) is 0 Å². The molecular weight excluding hydrogens is 398 g/mol. The average molecular weight is 432 g/mol. The number of hydrogen-bond acceptors (Lipinski definition) is 5. The van der Waals surface area contributed by atoms with E-state index in [9.17, 15) is 0 Å². The van der Waals surface area contributed by atoms with Gasteiger partial charge in [0.1, 0.15) is 24.7 Å². The Labute approximate surface area is 191 Å². The van der Waals surface area contributed by atoms with Crippen LogP contribution < -0.4 is 20.1 Å². The molecule has 3 aromatic rings. The van der Waals surface area contributed by atoms with Crippen LogP contribution in [0.3, 0.4) is 0 Å². The van der Waals surface area contributed by atoms with Crippen molar-refractivity contribution in [2.24, 2.45) is 0 Å². The second kappa shape index (κ2) is 12.2. The Kier molecular flexibility index (Phi) is 8.52. The number of hydrogen-bond donors (Lipinski definition) is 2. The standard InChI is InChI=1S/C27H33N3O2/c1-2-8-17-29-19-23-11-4-6-15-27(23)32-21-25-13-9-12-24(30-25)20-31-26-14-5-3-10-22(26)18-28-16-7-1/h3-6,9-15,28-29H,1-2,7-8,16-21H2. The maximum absolute atomic E-state index is 6.13. The molecule has 0 fully saturated rings. The number of fused-ring (bicyclic) bond motifs is 4. The fraction of sp³-hybridized carbons (Fsp3) is 0.370. The van der Waals surface area contributed by atoms with Gasteiger partial charge in [0.05, 0.1) is 11.4 Å². The Bertz CT molecular complexity index is 902. The van der Waals surface area contributed by atoms with Crippen molar-refractivity contribution in [2.45, 2.75) is 52.0 Å². The molecule has 2 bridgehead atoms. The van der Waals surface area contributed by atoms with Crippen LogP contribution >= 0.6 is 0 Å². The van der Waals surface area contributed by atoms with Crippen LogP contribution in [-0.2, 0) is 26.3 Å². The lowest BCUT2D eigenvalue weighted by Crippen LogP contribution is -2.16. The summed E-state index contributed by atoms with van der Waals surface area (Å²) in [6.45, 7) is 4.55. The van der Waals surface area contributed by atoms with Gasteiger partial charge in [-0.15, -0.1) is 0 Å². The lowest BCUT2D eigenvalue weighted by molar-refractivity contribution is 0.286. The van der Waals surface area contributed by atoms with Crippen LogP contribution in [-0.4, -0.2) is 18.1 Å². The molecule has 0 unspecified atom stereocenters. The molecule has 168 valence electrons. The van der Waals surface area contributed by atoms with Crippen molar-refractivity contribution < 1.29 is 9.47 Å². The fourth-order valence-corrected chi connectivity index (χ4v) is 3.87. The molecule has 0 saturated carbocycles. The average Bonchev–Trinajstić information content (AvgIpc) is 2.83. The van der Waals surface area contributed by atoms with E-state index in [1.165, 1.54) is 36.8 Å². The first kappa shape index (κ1) is 22.3. The molecule has 1 aliphatic heterocycles. The highest BCUT2D eigenvalue weighted by Crippen LogP contribution is 2.21. The highest BCUT2D eigenvalue weighted by Gasteiger charge is 2.07. The zero-order valence-electron chi connectivity index (χ0n) is 18.7. The molecule has 5 nitrogen and oxygen atoms in total. The molecule has 32 heavy (non-hydrogen) atoms. The first-order chi connectivity index (χ1) is 15.9. The van der Waals surface area contributed by atoms with Gasteiger partial charge in [-0.05, 0) is 50.2 Å². The molecule has 0 aliphatic carbocycles. The number of nitrogens with one attached hydrogen (secondary N) is 2. The summed E-state index contributed by atoms with van der Waals surface area (Å²) in [4.78, 5) is 4.74. The Morgan fingerprint density at radius 1 is 0.562 bits per heavy atom. The van der Waals surface area contributed by atoms with Gasteiger partial charge in [0.2, 0.25) is 0 Å². The third-order valence-corrected chi connectivity index (χ3v) is 5.65. The van der Waals surface area contributed by atoms with Gasteiger partial charge in [-0.3, -0.25) is 4.98 Å². The summed E-state index contributed by atoms with van der Waals surface area (Å²) in [5, 5.41) is 7.12. The fourth-order valence-electron chi connectivity index (χ4n) is 3.87. The summed E-state index contributed by atoms with van der Waals surface area (Å²) >= 11 is 0. The number of ether oxygens (including phenoxy) is 2. The molecule has 1 aliphatic rings. The van der Waals surface area contributed by atoms with Gasteiger partial charge in [0, 0.05) is 24.2 Å². The minimum Gasteiger partial charge on any atom is -0.487 e. The molecule has 2 N–H and O–H groups in total. The van der Waals surface area contributed by atoms with Crippen LogP contribution in [0.2, 0.25) is 0 Å². The summed E-state index contributed by atoms with van der Waals surface area (Å²) in [6.07, 6.45) is 4.87. The van der Waals surface area contributed by atoms with Gasteiger partial charge >= 0.3 is 0 Å². The van der Waals surface area contributed by atoms with Gasteiger partial charge < -0.3 is 20.1 Å². The van der Waals surface area contributed by atoms with E-state index in [1.807, 2.05) is 42.5 Å². The molecule has 0 spiro atoms. The largest absolute Gasteiger partial charge is 0.487 e. The summed E-state index contributed by atoms with van der Waals surface area (Å²) < 4.78 is 12.3. The Balaban J connectivity index is 1.47. The van der Waals surface area contributed by atoms with E-state index < -0.39 is 0 Å². The summed E-state index contributed by atoms with van der Waals surface area (Å²) in [6, 6.07) is 22.5. The molecule has 2 aromatic carbocycles. The van der Waals surface area contributed by atoms with Gasteiger partial charge in [-0.2, -0.15) is 0 Å². The monoisotopic (exact) mass is 431 g/mol. The summed E-state index contributed by atoms with van der Waals surface area (Å²) in [5.41, 5.74) is 4.15. The van der Waals surface area contributed by atoms with Gasteiger partial charge in [-0.1, -0.05) is 55.3 Å². The van der Waals surface area contributed by atoms with Crippen molar-refractivity contribution in [1.82, 2.24) is 15.6 Å². The Morgan fingerprint density at radius 2 is 1.06 bits per heavy atom. The SMILES string of the molecule is c1cc2nc(c1)COc1ccccc1CNCCCCCCNCc1ccccc1OC2. The van der Waals surface area contributed by atoms with Gasteiger partial charge in [0.15, 0.2) is 0 Å². The lowest BCUT2D eigenvalue weighted by Gasteiger charge is -2.13. The van der Waals surface area contributed by atoms with Crippen molar-refractivity contribution in [3.8, 4) is 11.5 Å². The van der Waals surface area contributed by atoms with Crippen molar-refractivity contribution in [2.75, 3.05) is 13.1 Å². The quantitative estimate of drug-likeness (QED) is 0.525. The topological polar surface area (TPSA) is 55.4 Å². The Hall–Kier alpha value is -2.89. The maximum atomic E-state index is 6.13. The van der Waals surface area contributed by atoms with E-state index in [0.717, 1.165) is 49.1 Å². The second-order valence-corrected chi connectivity index (χ2v) is 8.18. The number of benzene rings is 2. The number of aromatic nitrogens is 1. The molecule has 0 radical (unpaired) electrons. The van der Waals surface area contributed by atoms with E-state index in [1.54, 1.807) is 0 Å². The number of pyridine rings is 1. The molecule has 1 aromatic heterocycles. The molecule has 2 heterocycles. The first-order valence-corrected chi connectivity index (χ1v) is 11.7. The van der Waals surface area contributed by atoms with Crippen LogP contribution in [0.15, 0.2) is 66.7 Å². The lowest BCUT2D eigenvalue weighted by atomic mass is 10.1. The Morgan fingerprint density at radius 3 is 1.59 bits per heavy atom. The number of para-hydroxylation sites is 2. The third kappa shape index (κ3) is 6.81. The van der Waals surface area contributed by atoms with Gasteiger partial charge in [0.25, 0.3) is 0 Å². The maximum Gasteiger partial charge on any atom is 0.130 e. The van der Waals surface area contributed by atoms with Crippen LogP contribution in [0.25, 0.3) is 0 Å². The van der Waals surface area contributed by atoms with Crippen LogP contribution in [0, 0.1) is 0 Å². The minimum absolute atomic E-state index is 0.436. The van der Waals surface area contributed by atoms with Crippen molar-refractivity contribution >= 4 is 0 Å². The first-order valence-electron chi connectivity index (χ1n) is 11.7. The smallest absolute Gasteiger partial charge is 0.130 e. The third-order valence-electron chi connectivity index (χ3n) is 5.65. The van der Waals surface area contributed by atoms with E-state index in [4.69, 9.17) is 14.5 Å². The highest BCUT2D eigenvalue weighted by atomic mass is 16.5. The zero-order chi connectivity index (χ0) is 21.8. The minimum atomic E-state index is 0.436. The number of rotatable bonds is 0. The molecule has 0 atom stereocenters. The van der Waals surface area contributed by atoms with Crippen molar-refractivity contribution in [1.29, 1.82) is 0 Å². The number of nitrogens with zero attached hydrogens (tertiary/aromatic N) is 1. The molecule has 0 amide bonds. The summed E-state index contributed by atoms with van der Waals surface area (Å²) in [5.74, 6) is 1.82. The molecular formula is C27H33N3O2. The van der Waals surface area contributed by atoms with Crippen molar-refractivity contribution in [3.63, 3.8) is 0 Å². The van der Waals surface area contributed by atoms with Crippen molar-refractivity contribution in [3.05, 3.63) is 89.2 Å². The van der Waals surface area contributed by atoms with Crippen LogP contribution in [0.4, 0.5) is 0 Å². The van der Waals surface area contributed by atoms with E-state index in [0.29, 0.717) is 13.2 Å². The molecule has 0 saturated heterocycles. The van der Waals surface area contributed by atoms with E-state index >= 15 is 0 Å². The zero-order valence-corrected chi connectivity index (χ0v) is 18.7. The second-order valence-electron chi connectivity index (χ2n) is 8.18. The predicted molar refractivity (Wildman–Crippen MR) is 128 cm³/mol. The van der Waals surface area contributed by atoms with Gasteiger partial charge in [-0.25, -0.2) is 0 Å². The van der Waals surface area contributed by atoms with Crippen LogP contribution in [0.1, 0.15) is 48.2 Å². The normalized spacial score (nSPS) is 16.4. The summed E-state index contributed by atoms with van der Waals surface area (Å²) in [7, 11) is 0. The van der Waals surface area contributed by atoms with Crippen LogP contribution in [0.5, 0.6) is 11.5 Å². The molecule has 5 heteroatoms. The highest BCUT2D eigenvalue weighted by molar-refractivity contribution is 5.34.